The van der Waals surface area contributed by atoms with Crippen molar-refractivity contribution in [2.75, 3.05) is 26.1 Å². The second-order valence-corrected chi connectivity index (χ2v) is 4.24. The lowest BCUT2D eigenvalue weighted by atomic mass is 10.8. The summed E-state index contributed by atoms with van der Waals surface area (Å²) in [5.41, 5.74) is 0. The molecule has 80 valence electrons. The molecule has 0 rings (SSSR count). The fourth-order valence-electron chi connectivity index (χ4n) is 0.378. The van der Waals surface area contributed by atoms with Crippen molar-refractivity contribution >= 4 is 21.5 Å². The van der Waals surface area contributed by atoms with Gasteiger partial charge < -0.3 is 5.32 Å². The molecule has 0 aromatic rings. The van der Waals surface area contributed by atoms with E-state index in [1.807, 2.05) is 0 Å². The Labute approximate surface area is 79.0 Å². The molecule has 0 saturated carbocycles. The van der Waals surface area contributed by atoms with Gasteiger partial charge in [0.15, 0.2) is 17.9 Å². The van der Waals surface area contributed by atoms with E-state index in [0.717, 1.165) is 0 Å². The van der Waals surface area contributed by atoms with Gasteiger partial charge in [-0.25, -0.2) is 8.39 Å². The zero-order chi connectivity index (χ0) is 10.3. The summed E-state index contributed by atoms with van der Waals surface area (Å²) < 4.78 is 46.9. The summed E-state index contributed by atoms with van der Waals surface area (Å²) in [7, 11) is -2.84. The van der Waals surface area contributed by atoms with Crippen LogP contribution < -0.4 is 5.32 Å². The maximum atomic E-state index is 10.8. The molecule has 0 aromatic carbocycles. The minimum Gasteiger partial charge on any atom is -0.319 e. The molecule has 7 nitrogen and oxygen atoms in total. The summed E-state index contributed by atoms with van der Waals surface area (Å²) in [5.74, 6) is 0.214. The van der Waals surface area contributed by atoms with E-state index in [1.165, 1.54) is 0 Å². The third kappa shape index (κ3) is 9.86. The van der Waals surface area contributed by atoms with Crippen LogP contribution in [0.1, 0.15) is 0 Å². The maximum absolute atomic E-state index is 10.8. The van der Waals surface area contributed by atoms with E-state index >= 15 is 0 Å². The molecule has 0 fully saturated rings. The van der Waals surface area contributed by atoms with Gasteiger partial charge in [-0.1, -0.05) is 0 Å². The molecule has 0 aliphatic rings. The van der Waals surface area contributed by atoms with E-state index in [0.29, 0.717) is 6.54 Å². The van der Waals surface area contributed by atoms with Gasteiger partial charge in [0.2, 0.25) is 0 Å². The molecule has 13 heavy (non-hydrogen) atoms. The van der Waals surface area contributed by atoms with Gasteiger partial charge in [-0.3, -0.25) is 8.74 Å². The molecular formula is C4H11NO6S2. The van der Waals surface area contributed by atoms with Gasteiger partial charge in [-0.05, 0) is 7.05 Å². The molecule has 0 amide bonds. The lowest BCUT2D eigenvalue weighted by Gasteiger charge is -2.01. The highest BCUT2D eigenvalue weighted by Gasteiger charge is 2.06. The van der Waals surface area contributed by atoms with E-state index in [2.05, 4.69) is 13.7 Å². The van der Waals surface area contributed by atoms with Gasteiger partial charge in [-0.2, -0.15) is 8.42 Å². The zero-order valence-electron chi connectivity index (χ0n) is 6.93. The summed E-state index contributed by atoms with van der Waals surface area (Å²) in [6, 6.07) is 0. The van der Waals surface area contributed by atoms with Crippen molar-refractivity contribution in [2.45, 2.75) is 0 Å². The van der Waals surface area contributed by atoms with Gasteiger partial charge in [0, 0.05) is 6.54 Å². The topological polar surface area (TPSA) is 102 Å². The van der Waals surface area contributed by atoms with Crippen LogP contribution in [0.15, 0.2) is 0 Å². The van der Waals surface area contributed by atoms with Gasteiger partial charge in [0.1, 0.15) is 0 Å². The molecule has 0 heterocycles. The Hall–Kier alpha value is -0.0600. The predicted molar refractivity (Wildman–Crippen MR) is 45.5 cm³/mol. The Morgan fingerprint density at radius 1 is 1.54 bits per heavy atom. The standard InChI is InChI=1S/C4H11NO6S2/c1-5-2-3-12(6)10-4-11-13(7,8)9/h5H,2-4H2,1H3,(H,7,8,9). The summed E-state index contributed by atoms with van der Waals surface area (Å²) in [6.45, 7) is -0.284. The van der Waals surface area contributed by atoms with Crippen molar-refractivity contribution in [3.05, 3.63) is 0 Å². The Balaban J connectivity index is 3.49. The molecule has 0 aromatic heterocycles. The minimum atomic E-state index is -4.52. The van der Waals surface area contributed by atoms with Gasteiger partial charge in [0.05, 0.1) is 5.75 Å². The van der Waals surface area contributed by atoms with Crippen LogP contribution in [0.25, 0.3) is 0 Å². The summed E-state index contributed by atoms with van der Waals surface area (Å²) in [4.78, 5) is 0. The molecule has 0 spiro atoms. The van der Waals surface area contributed by atoms with Crippen LogP contribution in [0.2, 0.25) is 0 Å². The second-order valence-electron chi connectivity index (χ2n) is 1.89. The van der Waals surface area contributed by atoms with Crippen molar-refractivity contribution in [3.8, 4) is 0 Å². The third-order valence-corrected chi connectivity index (χ3v) is 2.19. The molecule has 9 heteroatoms. The van der Waals surface area contributed by atoms with Crippen molar-refractivity contribution in [1.82, 2.24) is 5.32 Å². The van der Waals surface area contributed by atoms with Crippen LogP contribution in [0.5, 0.6) is 0 Å². The highest BCUT2D eigenvalue weighted by Crippen LogP contribution is 1.90. The Kier molecular flexibility index (Phi) is 6.37. The van der Waals surface area contributed by atoms with E-state index in [9.17, 15) is 12.6 Å². The highest BCUT2D eigenvalue weighted by molar-refractivity contribution is 7.81. The van der Waals surface area contributed by atoms with Crippen LogP contribution in [0, 0.1) is 0 Å². The number of nitrogens with one attached hydrogen (secondary N) is 1. The van der Waals surface area contributed by atoms with Crippen molar-refractivity contribution < 1.29 is 25.5 Å². The first-order chi connectivity index (χ1) is 5.95. The molecule has 0 radical (unpaired) electrons. The molecule has 0 saturated heterocycles. The summed E-state index contributed by atoms with van der Waals surface area (Å²) in [5, 5.41) is 2.72. The monoisotopic (exact) mass is 233 g/mol. The lowest BCUT2D eigenvalue weighted by molar-refractivity contribution is 0.125. The van der Waals surface area contributed by atoms with E-state index in [-0.39, 0.29) is 5.75 Å². The molecule has 0 aliphatic heterocycles. The molecule has 1 atom stereocenters. The van der Waals surface area contributed by atoms with Crippen LogP contribution in [0.3, 0.4) is 0 Å². The first-order valence-electron chi connectivity index (χ1n) is 3.24. The van der Waals surface area contributed by atoms with E-state index < -0.39 is 28.3 Å². The first kappa shape index (κ1) is 12.9. The fraction of sp³-hybridized carbons (Fsp3) is 1.00. The first-order valence-corrected chi connectivity index (χ1v) is 5.84. The Bertz CT molecular complexity index is 249. The lowest BCUT2D eigenvalue weighted by Crippen LogP contribution is -2.18. The average Bonchev–Trinajstić information content (AvgIpc) is 1.98. The normalized spacial score (nSPS) is 14.3. The van der Waals surface area contributed by atoms with E-state index in [4.69, 9.17) is 4.55 Å². The van der Waals surface area contributed by atoms with Crippen LogP contribution in [-0.2, 0) is 29.8 Å². The Morgan fingerprint density at radius 3 is 2.62 bits per heavy atom. The maximum Gasteiger partial charge on any atom is 0.399 e. The smallest absolute Gasteiger partial charge is 0.319 e. The zero-order valence-corrected chi connectivity index (χ0v) is 8.56. The largest absolute Gasteiger partial charge is 0.399 e. The van der Waals surface area contributed by atoms with Crippen molar-refractivity contribution in [2.24, 2.45) is 0 Å². The average molecular weight is 233 g/mol. The molecule has 0 aliphatic carbocycles. The van der Waals surface area contributed by atoms with Crippen molar-refractivity contribution in [1.29, 1.82) is 0 Å². The highest BCUT2D eigenvalue weighted by atomic mass is 32.3. The van der Waals surface area contributed by atoms with Gasteiger partial charge in [0.25, 0.3) is 0 Å². The molecule has 0 bridgehead atoms. The fourth-order valence-corrected chi connectivity index (χ4v) is 1.25. The van der Waals surface area contributed by atoms with Gasteiger partial charge >= 0.3 is 10.4 Å². The quantitative estimate of drug-likeness (QED) is 0.414. The third-order valence-electron chi connectivity index (χ3n) is 0.895. The molecule has 1 unspecified atom stereocenters. The summed E-state index contributed by atoms with van der Waals surface area (Å²) >= 11 is -1.62. The SMILES string of the molecule is CNCCS(=O)OCOS(=O)(=O)O. The molecule has 2 N–H and O–H groups in total. The van der Waals surface area contributed by atoms with Crippen LogP contribution in [-0.4, -0.2) is 43.3 Å². The minimum absolute atomic E-state index is 0.214. The number of hydrogen-bond acceptors (Lipinski definition) is 6. The van der Waals surface area contributed by atoms with Crippen LogP contribution in [0.4, 0.5) is 0 Å². The van der Waals surface area contributed by atoms with Gasteiger partial charge in [-0.15, -0.1) is 0 Å². The molecular weight excluding hydrogens is 222 g/mol. The predicted octanol–water partition coefficient (Wildman–Crippen LogP) is -1.34. The van der Waals surface area contributed by atoms with E-state index in [1.54, 1.807) is 7.05 Å². The second kappa shape index (κ2) is 6.40. The number of hydrogen-bond donors (Lipinski definition) is 2. The number of rotatable bonds is 7. The summed E-state index contributed by atoms with van der Waals surface area (Å²) in [6.07, 6.45) is 0. The Morgan fingerprint density at radius 2 is 2.15 bits per heavy atom. The van der Waals surface area contributed by atoms with Crippen LogP contribution >= 0.6 is 0 Å². The van der Waals surface area contributed by atoms with Crippen molar-refractivity contribution in [3.63, 3.8) is 0 Å².